The first-order valence-corrected chi connectivity index (χ1v) is 9.15. The molecular weight excluding hydrogens is 300 g/mol. The van der Waals surface area contributed by atoms with E-state index in [2.05, 4.69) is 59.4 Å². The maximum atomic E-state index is 9.96. The molecule has 0 radical (unpaired) electrons. The number of benzene rings is 1. The predicted octanol–water partition coefficient (Wildman–Crippen LogP) is 2.26. The van der Waals surface area contributed by atoms with Crippen LogP contribution in [-0.2, 0) is 6.54 Å². The molecule has 1 unspecified atom stereocenters. The highest BCUT2D eigenvalue weighted by Gasteiger charge is 2.38. The Morgan fingerprint density at radius 1 is 1.21 bits per heavy atom. The van der Waals surface area contributed by atoms with Crippen molar-refractivity contribution in [3.05, 3.63) is 30.1 Å². The topological polar surface area (TPSA) is 44.5 Å². The fourth-order valence-electron chi connectivity index (χ4n) is 4.46. The van der Waals surface area contributed by atoms with Gasteiger partial charge >= 0.3 is 0 Å². The molecule has 0 bridgehead atoms. The second-order valence-electron chi connectivity index (χ2n) is 7.76. The average Bonchev–Trinajstić information content (AvgIpc) is 3.06. The smallest absolute Gasteiger partial charge is 0.124 e. The third kappa shape index (κ3) is 2.75. The first-order valence-electron chi connectivity index (χ1n) is 9.15. The summed E-state index contributed by atoms with van der Waals surface area (Å²) >= 11 is 0. The van der Waals surface area contributed by atoms with Gasteiger partial charge in [0.25, 0.3) is 0 Å². The van der Waals surface area contributed by atoms with E-state index >= 15 is 0 Å². The van der Waals surface area contributed by atoms with Crippen molar-refractivity contribution in [3.63, 3.8) is 0 Å². The molecular formula is C19H28N4O. The molecule has 3 heterocycles. The maximum Gasteiger partial charge on any atom is 0.124 e. The van der Waals surface area contributed by atoms with Crippen LogP contribution in [-0.4, -0.2) is 62.3 Å². The van der Waals surface area contributed by atoms with Gasteiger partial charge in [0.15, 0.2) is 0 Å². The number of hydrogen-bond acceptors (Lipinski definition) is 4. The minimum absolute atomic E-state index is 0.151. The Morgan fingerprint density at radius 2 is 2.00 bits per heavy atom. The molecule has 0 spiro atoms. The van der Waals surface area contributed by atoms with Gasteiger partial charge in [-0.1, -0.05) is 12.1 Å². The monoisotopic (exact) mass is 328 g/mol. The van der Waals surface area contributed by atoms with Crippen molar-refractivity contribution in [3.8, 4) is 0 Å². The van der Waals surface area contributed by atoms with E-state index in [0.29, 0.717) is 18.1 Å². The summed E-state index contributed by atoms with van der Waals surface area (Å²) in [6.45, 7) is 10.5. The van der Waals surface area contributed by atoms with Crippen molar-refractivity contribution in [1.82, 2.24) is 19.4 Å². The summed E-state index contributed by atoms with van der Waals surface area (Å²) in [6, 6.07) is 9.81. The maximum absolute atomic E-state index is 9.96. The predicted molar refractivity (Wildman–Crippen MR) is 96.0 cm³/mol. The summed E-state index contributed by atoms with van der Waals surface area (Å²) in [5, 5.41) is 9.96. The number of para-hydroxylation sites is 2. The number of aliphatic hydroxyl groups is 1. The average molecular weight is 328 g/mol. The number of aliphatic hydroxyl groups excluding tert-OH is 1. The van der Waals surface area contributed by atoms with Crippen LogP contribution in [0.3, 0.4) is 0 Å². The quantitative estimate of drug-likeness (QED) is 0.939. The molecule has 5 nitrogen and oxygen atoms in total. The van der Waals surface area contributed by atoms with E-state index in [-0.39, 0.29) is 6.10 Å². The zero-order valence-corrected chi connectivity index (χ0v) is 14.9. The lowest BCUT2D eigenvalue weighted by Crippen LogP contribution is -2.54. The van der Waals surface area contributed by atoms with Crippen molar-refractivity contribution >= 4 is 11.0 Å². The molecule has 0 aliphatic carbocycles. The van der Waals surface area contributed by atoms with Gasteiger partial charge in [0, 0.05) is 37.8 Å². The van der Waals surface area contributed by atoms with Crippen LogP contribution < -0.4 is 0 Å². The van der Waals surface area contributed by atoms with Gasteiger partial charge in [0.1, 0.15) is 5.82 Å². The van der Waals surface area contributed by atoms with E-state index in [0.717, 1.165) is 43.9 Å². The summed E-state index contributed by atoms with van der Waals surface area (Å²) in [5.74, 6) is 1.16. The van der Waals surface area contributed by atoms with Crippen molar-refractivity contribution < 1.29 is 5.11 Å². The summed E-state index contributed by atoms with van der Waals surface area (Å²) in [4.78, 5) is 9.92. The van der Waals surface area contributed by atoms with Gasteiger partial charge in [-0.2, -0.15) is 0 Å². The molecule has 2 aromatic rings. The lowest BCUT2D eigenvalue weighted by atomic mass is 10.1. The number of rotatable bonds is 3. The van der Waals surface area contributed by atoms with Crippen molar-refractivity contribution in [2.75, 3.05) is 19.6 Å². The van der Waals surface area contributed by atoms with Gasteiger partial charge < -0.3 is 9.67 Å². The molecule has 1 aromatic carbocycles. The zero-order valence-electron chi connectivity index (χ0n) is 14.9. The Hall–Kier alpha value is -1.43. The molecule has 2 aliphatic heterocycles. The largest absolute Gasteiger partial charge is 0.392 e. The minimum atomic E-state index is -0.151. The van der Waals surface area contributed by atoms with E-state index in [9.17, 15) is 5.11 Å². The summed E-state index contributed by atoms with van der Waals surface area (Å²) in [7, 11) is 0. The highest BCUT2D eigenvalue weighted by molar-refractivity contribution is 5.76. The molecule has 0 saturated carbocycles. The molecule has 2 fully saturated rings. The fourth-order valence-corrected chi connectivity index (χ4v) is 4.46. The number of nitrogens with zero attached hydrogens (tertiary/aromatic N) is 4. The van der Waals surface area contributed by atoms with Gasteiger partial charge in [-0.25, -0.2) is 4.98 Å². The molecule has 2 aliphatic rings. The van der Waals surface area contributed by atoms with Crippen LogP contribution in [0.15, 0.2) is 24.3 Å². The molecule has 3 atom stereocenters. The molecule has 5 heteroatoms. The Bertz CT molecular complexity index is 725. The van der Waals surface area contributed by atoms with Crippen molar-refractivity contribution in [2.24, 2.45) is 0 Å². The first-order chi connectivity index (χ1) is 11.5. The van der Waals surface area contributed by atoms with Crippen LogP contribution in [0.4, 0.5) is 0 Å². The Balaban J connectivity index is 1.61. The highest BCUT2D eigenvalue weighted by Crippen LogP contribution is 2.28. The van der Waals surface area contributed by atoms with E-state index in [1.807, 2.05) is 0 Å². The Morgan fingerprint density at radius 3 is 2.79 bits per heavy atom. The number of piperazine rings is 1. The van der Waals surface area contributed by atoms with Crippen molar-refractivity contribution in [2.45, 2.75) is 58.0 Å². The second kappa shape index (κ2) is 6.14. The summed E-state index contributed by atoms with van der Waals surface area (Å²) < 4.78 is 2.37. The lowest BCUT2D eigenvalue weighted by molar-refractivity contribution is 0.0503. The van der Waals surface area contributed by atoms with Crippen LogP contribution >= 0.6 is 0 Å². The summed E-state index contributed by atoms with van der Waals surface area (Å²) in [6.07, 6.45) is 0.756. The minimum Gasteiger partial charge on any atom is -0.392 e. The van der Waals surface area contributed by atoms with Gasteiger partial charge in [-0.05, 0) is 39.3 Å². The number of fused-ring (bicyclic) bond motifs is 2. The number of imidazole rings is 1. The van der Waals surface area contributed by atoms with Crippen molar-refractivity contribution in [1.29, 1.82) is 0 Å². The fraction of sp³-hybridized carbons (Fsp3) is 0.632. The van der Waals surface area contributed by atoms with Crippen LogP contribution in [0.2, 0.25) is 0 Å². The van der Waals surface area contributed by atoms with Crippen LogP contribution in [0.5, 0.6) is 0 Å². The van der Waals surface area contributed by atoms with Crippen LogP contribution in [0.1, 0.15) is 39.1 Å². The molecule has 0 amide bonds. The van der Waals surface area contributed by atoms with E-state index < -0.39 is 0 Å². The van der Waals surface area contributed by atoms with Gasteiger partial charge in [0.2, 0.25) is 0 Å². The molecule has 24 heavy (non-hydrogen) atoms. The molecule has 2 saturated heterocycles. The normalized spacial score (nSPS) is 28.8. The third-order valence-corrected chi connectivity index (χ3v) is 5.60. The van der Waals surface area contributed by atoms with E-state index in [1.54, 1.807) is 0 Å². The molecule has 1 N–H and O–H groups in total. The van der Waals surface area contributed by atoms with Gasteiger partial charge in [0.05, 0.1) is 23.7 Å². The number of aromatic nitrogens is 2. The Kier molecular flexibility index (Phi) is 4.11. The standard InChI is InChI=1S/C19H28N4O/c1-13(2)23-18-7-5-4-6-17(18)20-19(23)12-21-10-15-8-16(24)11-22(15)9-14(21)3/h4-7,13-16,24H,8-12H2,1-3H3/t14-,15?,16+/m0/s1. The SMILES string of the molecule is CC(C)n1c(CN2CC3C[C@@H](O)CN3C[C@@H]2C)nc2ccccc21. The Labute approximate surface area is 143 Å². The lowest BCUT2D eigenvalue weighted by Gasteiger charge is -2.42. The third-order valence-electron chi connectivity index (χ3n) is 5.60. The zero-order chi connectivity index (χ0) is 16.8. The first kappa shape index (κ1) is 16.1. The highest BCUT2D eigenvalue weighted by atomic mass is 16.3. The van der Waals surface area contributed by atoms with Gasteiger partial charge in [-0.15, -0.1) is 0 Å². The molecule has 1 aromatic heterocycles. The molecule has 4 rings (SSSR count). The van der Waals surface area contributed by atoms with Gasteiger partial charge in [-0.3, -0.25) is 9.80 Å². The number of hydrogen-bond donors (Lipinski definition) is 1. The molecule has 130 valence electrons. The van der Waals surface area contributed by atoms with E-state index in [4.69, 9.17) is 4.98 Å². The van der Waals surface area contributed by atoms with Crippen LogP contribution in [0.25, 0.3) is 11.0 Å². The second-order valence-corrected chi connectivity index (χ2v) is 7.76. The van der Waals surface area contributed by atoms with Crippen LogP contribution in [0, 0.1) is 0 Å². The van der Waals surface area contributed by atoms with E-state index in [1.165, 1.54) is 5.52 Å². The summed E-state index contributed by atoms with van der Waals surface area (Å²) in [5.41, 5.74) is 2.31.